The Hall–Kier alpha value is -2.28. The van der Waals surface area contributed by atoms with Crippen LogP contribution in [0.3, 0.4) is 0 Å². The number of carbonyl (C=O) groups excluding carboxylic acids is 1. The Morgan fingerprint density at radius 3 is 3.08 bits per heavy atom. The van der Waals surface area contributed by atoms with Crippen molar-refractivity contribution in [2.45, 2.75) is 32.2 Å². The van der Waals surface area contributed by atoms with Crippen molar-refractivity contribution >= 4 is 34.2 Å². The quantitative estimate of drug-likeness (QED) is 0.858. The Morgan fingerprint density at radius 2 is 2.28 bits per heavy atom. The van der Waals surface area contributed by atoms with Gasteiger partial charge in [-0.1, -0.05) is 31.2 Å². The third-order valence-electron chi connectivity index (χ3n) is 4.46. The van der Waals surface area contributed by atoms with E-state index in [0.717, 1.165) is 29.2 Å². The zero-order chi connectivity index (χ0) is 17.2. The Kier molecular flexibility index (Phi) is 4.48. The van der Waals surface area contributed by atoms with E-state index in [2.05, 4.69) is 45.8 Å². The number of aryl methyl sites for hydroxylation is 1. The van der Waals surface area contributed by atoms with Gasteiger partial charge in [-0.15, -0.1) is 16.9 Å². The van der Waals surface area contributed by atoms with Gasteiger partial charge in [-0.3, -0.25) is 4.79 Å². The van der Waals surface area contributed by atoms with Gasteiger partial charge in [-0.05, 0) is 24.5 Å². The zero-order valence-corrected chi connectivity index (χ0v) is 15.0. The molecule has 25 heavy (non-hydrogen) atoms. The van der Waals surface area contributed by atoms with E-state index in [1.165, 1.54) is 10.2 Å². The Labute approximate surface area is 151 Å². The number of benzene rings is 1. The van der Waals surface area contributed by atoms with Crippen LogP contribution in [0.25, 0.3) is 4.91 Å². The second kappa shape index (κ2) is 6.92. The number of thioether (sulfide) groups is 1. The van der Waals surface area contributed by atoms with Gasteiger partial charge < -0.3 is 10.6 Å². The van der Waals surface area contributed by atoms with Gasteiger partial charge >= 0.3 is 0 Å². The molecule has 0 saturated carbocycles. The SMILES string of the molecule is CCc1ccccc1NCC1CC(=O)n2nc(C3=CCCS3)nc2N1. The highest BCUT2D eigenvalue weighted by Gasteiger charge is 2.28. The third kappa shape index (κ3) is 3.28. The molecule has 0 saturated heterocycles. The summed E-state index contributed by atoms with van der Waals surface area (Å²) >= 11 is 1.74. The lowest BCUT2D eigenvalue weighted by Gasteiger charge is -2.24. The molecule has 2 aromatic rings. The number of nitrogens with zero attached hydrogens (tertiary/aromatic N) is 3. The highest BCUT2D eigenvalue weighted by molar-refractivity contribution is 8.08. The standard InChI is InChI=1S/C18H21N5OS/c1-2-12-6-3-4-7-14(12)19-11-13-10-16(24)23-18(20-13)21-17(22-23)15-8-5-9-25-15/h3-4,6-8,13,19H,2,5,9-11H2,1H3,(H,20,21,22). The number of hydrogen-bond donors (Lipinski definition) is 2. The summed E-state index contributed by atoms with van der Waals surface area (Å²) in [4.78, 5) is 18.0. The maximum atomic E-state index is 12.4. The molecule has 0 radical (unpaired) electrons. The maximum absolute atomic E-state index is 12.4. The van der Waals surface area contributed by atoms with E-state index >= 15 is 0 Å². The van der Waals surface area contributed by atoms with Crippen LogP contribution in [-0.2, 0) is 6.42 Å². The molecule has 4 rings (SSSR count). The van der Waals surface area contributed by atoms with Crippen LogP contribution in [0.2, 0.25) is 0 Å². The van der Waals surface area contributed by atoms with E-state index in [9.17, 15) is 4.79 Å². The molecule has 1 atom stereocenters. The summed E-state index contributed by atoms with van der Waals surface area (Å²) < 4.78 is 1.41. The highest BCUT2D eigenvalue weighted by Crippen LogP contribution is 2.33. The number of carbonyl (C=O) groups is 1. The van der Waals surface area contributed by atoms with Crippen molar-refractivity contribution in [3.63, 3.8) is 0 Å². The minimum absolute atomic E-state index is 0.00664. The molecule has 0 fully saturated rings. The molecule has 6 nitrogen and oxygen atoms in total. The van der Waals surface area contributed by atoms with Gasteiger partial charge in [-0.25, -0.2) is 0 Å². The number of para-hydroxylation sites is 1. The topological polar surface area (TPSA) is 71.8 Å². The number of anilines is 2. The Bertz CT molecular complexity index is 829. The van der Waals surface area contributed by atoms with Crippen molar-refractivity contribution in [3.05, 3.63) is 41.7 Å². The first-order chi connectivity index (χ1) is 12.2. The monoisotopic (exact) mass is 355 g/mol. The van der Waals surface area contributed by atoms with E-state index < -0.39 is 0 Å². The minimum atomic E-state index is -0.00771. The van der Waals surface area contributed by atoms with Crippen LogP contribution < -0.4 is 10.6 Å². The van der Waals surface area contributed by atoms with Gasteiger partial charge in [0.1, 0.15) is 0 Å². The average Bonchev–Trinajstić information content (AvgIpc) is 3.29. The van der Waals surface area contributed by atoms with Crippen molar-refractivity contribution in [2.24, 2.45) is 0 Å². The summed E-state index contributed by atoms with van der Waals surface area (Å²) in [6.07, 6.45) is 4.56. The molecule has 0 amide bonds. The van der Waals surface area contributed by atoms with E-state index in [0.29, 0.717) is 24.7 Å². The zero-order valence-electron chi connectivity index (χ0n) is 14.2. The molecule has 7 heteroatoms. The summed E-state index contributed by atoms with van der Waals surface area (Å²) in [7, 11) is 0. The average molecular weight is 355 g/mol. The summed E-state index contributed by atoms with van der Waals surface area (Å²) in [5.74, 6) is 2.26. The van der Waals surface area contributed by atoms with Crippen molar-refractivity contribution in [1.82, 2.24) is 14.8 Å². The van der Waals surface area contributed by atoms with Gasteiger partial charge in [-0.2, -0.15) is 9.67 Å². The second-order valence-electron chi connectivity index (χ2n) is 6.21. The fourth-order valence-electron chi connectivity index (χ4n) is 3.15. The van der Waals surface area contributed by atoms with Gasteiger partial charge in [0.15, 0.2) is 5.82 Å². The number of allylic oxidation sites excluding steroid dienone is 1. The molecule has 0 aliphatic carbocycles. The van der Waals surface area contributed by atoms with Crippen molar-refractivity contribution in [2.75, 3.05) is 22.9 Å². The van der Waals surface area contributed by atoms with Crippen LogP contribution in [0.4, 0.5) is 11.6 Å². The van der Waals surface area contributed by atoms with Gasteiger partial charge in [0.05, 0.1) is 17.4 Å². The van der Waals surface area contributed by atoms with Crippen molar-refractivity contribution in [1.29, 1.82) is 0 Å². The summed E-state index contributed by atoms with van der Waals surface area (Å²) in [5.41, 5.74) is 2.40. The van der Waals surface area contributed by atoms with Crippen molar-refractivity contribution < 1.29 is 4.79 Å². The van der Waals surface area contributed by atoms with Crippen molar-refractivity contribution in [3.8, 4) is 0 Å². The fraction of sp³-hybridized carbons (Fsp3) is 0.389. The minimum Gasteiger partial charge on any atom is -0.383 e. The van der Waals surface area contributed by atoms with E-state index in [-0.39, 0.29) is 11.9 Å². The molecule has 2 aliphatic heterocycles. The first kappa shape index (κ1) is 16.2. The first-order valence-corrected chi connectivity index (χ1v) is 9.65. The summed E-state index contributed by atoms with van der Waals surface area (Å²) in [6, 6.07) is 8.28. The molecule has 1 aromatic carbocycles. The largest absolute Gasteiger partial charge is 0.383 e. The number of nitrogens with one attached hydrogen (secondary N) is 2. The molecule has 1 aromatic heterocycles. The molecule has 2 aliphatic rings. The van der Waals surface area contributed by atoms with E-state index in [1.54, 1.807) is 11.8 Å². The smallest absolute Gasteiger partial charge is 0.252 e. The van der Waals surface area contributed by atoms with Crippen LogP contribution in [0, 0.1) is 0 Å². The molecule has 0 bridgehead atoms. The lowest BCUT2D eigenvalue weighted by Crippen LogP contribution is -2.38. The number of hydrogen-bond acceptors (Lipinski definition) is 6. The van der Waals surface area contributed by atoms with E-state index in [1.807, 2.05) is 12.1 Å². The molecular weight excluding hydrogens is 334 g/mol. The van der Waals surface area contributed by atoms with Gasteiger partial charge in [0, 0.05) is 18.0 Å². The lowest BCUT2D eigenvalue weighted by atomic mass is 10.1. The van der Waals surface area contributed by atoms with Crippen LogP contribution >= 0.6 is 11.8 Å². The normalized spacial score (nSPS) is 19.3. The van der Waals surface area contributed by atoms with Crippen LogP contribution in [-0.4, -0.2) is 39.0 Å². The highest BCUT2D eigenvalue weighted by atomic mass is 32.2. The molecule has 3 heterocycles. The number of rotatable bonds is 5. The van der Waals surface area contributed by atoms with Crippen LogP contribution in [0.5, 0.6) is 0 Å². The Morgan fingerprint density at radius 1 is 1.40 bits per heavy atom. The molecular formula is C18H21N5OS. The summed E-state index contributed by atoms with van der Waals surface area (Å²) in [6.45, 7) is 2.81. The number of aromatic nitrogens is 3. The first-order valence-electron chi connectivity index (χ1n) is 8.66. The van der Waals surface area contributed by atoms with Gasteiger partial charge in [0.25, 0.3) is 5.91 Å². The molecule has 2 N–H and O–H groups in total. The van der Waals surface area contributed by atoms with Crippen LogP contribution in [0.1, 0.15) is 35.9 Å². The number of fused-ring (bicyclic) bond motifs is 1. The predicted octanol–water partition coefficient (Wildman–Crippen LogP) is 3.25. The third-order valence-corrected chi connectivity index (χ3v) is 5.56. The van der Waals surface area contributed by atoms with Crippen LogP contribution in [0.15, 0.2) is 30.3 Å². The maximum Gasteiger partial charge on any atom is 0.252 e. The fourth-order valence-corrected chi connectivity index (χ4v) is 4.05. The molecule has 1 unspecified atom stereocenters. The van der Waals surface area contributed by atoms with E-state index in [4.69, 9.17) is 0 Å². The molecule has 0 spiro atoms. The Balaban J connectivity index is 1.46. The lowest BCUT2D eigenvalue weighted by molar-refractivity contribution is 0.0874. The summed E-state index contributed by atoms with van der Waals surface area (Å²) in [5, 5.41) is 11.2. The van der Waals surface area contributed by atoms with Gasteiger partial charge in [0.2, 0.25) is 5.95 Å². The second-order valence-corrected chi connectivity index (χ2v) is 7.34. The molecule has 130 valence electrons. The predicted molar refractivity (Wildman–Crippen MR) is 102 cm³/mol.